The van der Waals surface area contributed by atoms with Crippen molar-refractivity contribution in [2.45, 2.75) is 26.0 Å². The molecule has 1 aliphatic heterocycles. The first-order valence-electron chi connectivity index (χ1n) is 7.30. The summed E-state index contributed by atoms with van der Waals surface area (Å²) >= 11 is 6.04. The first-order chi connectivity index (χ1) is 11.7. The number of carbonyl (C=O) groups is 1. The van der Waals surface area contributed by atoms with Crippen LogP contribution in [0.2, 0.25) is 5.02 Å². The van der Waals surface area contributed by atoms with Gasteiger partial charge in [-0.25, -0.2) is 4.39 Å². The number of nitro groups is 1. The zero-order valence-corrected chi connectivity index (χ0v) is 14.1. The average molecular weight is 366 g/mol. The highest BCUT2D eigenvalue weighted by Crippen LogP contribution is 2.39. The van der Waals surface area contributed by atoms with E-state index in [1.165, 1.54) is 30.3 Å². The summed E-state index contributed by atoms with van der Waals surface area (Å²) in [7, 11) is 0. The number of hydrogen-bond donors (Lipinski definition) is 0. The lowest BCUT2D eigenvalue weighted by atomic mass is 10.0. The van der Waals surface area contributed by atoms with E-state index in [2.05, 4.69) is 4.98 Å². The molecule has 9 heteroatoms. The Balaban J connectivity index is 2.13. The highest BCUT2D eigenvalue weighted by molar-refractivity contribution is 6.31. The van der Waals surface area contributed by atoms with Gasteiger partial charge in [-0.15, -0.1) is 0 Å². The number of aromatic nitrogens is 1. The molecular weight excluding hydrogens is 353 g/mol. The minimum Gasteiger partial charge on any atom is -0.472 e. The molecule has 0 radical (unpaired) electrons. The second-order valence-corrected chi connectivity index (χ2v) is 6.36. The molecule has 3 rings (SSSR count). The van der Waals surface area contributed by atoms with Crippen molar-refractivity contribution in [2.75, 3.05) is 4.90 Å². The second kappa shape index (κ2) is 5.96. The van der Waals surface area contributed by atoms with Crippen LogP contribution in [-0.2, 0) is 11.3 Å². The van der Waals surface area contributed by atoms with Crippen LogP contribution in [0.3, 0.4) is 0 Å². The third kappa shape index (κ3) is 3.00. The van der Waals surface area contributed by atoms with Crippen molar-refractivity contribution in [3.8, 4) is 5.75 Å². The van der Waals surface area contributed by atoms with E-state index in [4.69, 9.17) is 16.3 Å². The lowest BCUT2D eigenvalue weighted by molar-refractivity contribution is -0.389. The fraction of sp³-hybridized carbons (Fsp3) is 0.250. The van der Waals surface area contributed by atoms with Gasteiger partial charge in [-0.1, -0.05) is 17.7 Å². The molecule has 0 N–H and O–H groups in total. The largest absolute Gasteiger partial charge is 0.472 e. The van der Waals surface area contributed by atoms with Crippen LogP contribution in [0, 0.1) is 15.9 Å². The minimum atomic E-state index is -1.23. The first-order valence-corrected chi connectivity index (χ1v) is 7.68. The summed E-state index contributed by atoms with van der Waals surface area (Å²) in [5.74, 6) is -1.39. The minimum absolute atomic E-state index is 0.0437. The van der Waals surface area contributed by atoms with Crippen molar-refractivity contribution in [1.29, 1.82) is 0 Å². The molecule has 0 atom stereocenters. The number of anilines is 1. The summed E-state index contributed by atoms with van der Waals surface area (Å²) in [6, 6.07) is 6.71. The Morgan fingerprint density at radius 3 is 2.72 bits per heavy atom. The molecule has 1 aliphatic rings. The van der Waals surface area contributed by atoms with Gasteiger partial charge in [-0.2, -0.15) is 0 Å². The molecule has 2 heterocycles. The van der Waals surface area contributed by atoms with Crippen molar-refractivity contribution >= 4 is 29.1 Å². The Morgan fingerprint density at radius 1 is 1.36 bits per heavy atom. The van der Waals surface area contributed by atoms with Gasteiger partial charge in [0, 0.05) is 16.7 Å². The Labute approximate surface area is 147 Å². The first kappa shape index (κ1) is 17.1. The lowest BCUT2D eigenvalue weighted by Crippen LogP contribution is -2.52. The third-order valence-corrected chi connectivity index (χ3v) is 4.12. The number of pyridine rings is 1. The Kier molecular flexibility index (Phi) is 4.08. The van der Waals surface area contributed by atoms with Gasteiger partial charge in [0.25, 0.3) is 11.7 Å². The number of benzene rings is 1. The molecule has 0 aliphatic carbocycles. The molecular formula is C16H13ClFN3O4. The molecule has 1 aromatic heterocycles. The summed E-state index contributed by atoms with van der Waals surface area (Å²) in [5.41, 5.74) is -1.14. The molecule has 0 saturated heterocycles. The molecule has 0 saturated carbocycles. The average Bonchev–Trinajstić information content (AvgIpc) is 2.53. The molecule has 2 aromatic rings. The van der Waals surface area contributed by atoms with Crippen LogP contribution in [0.5, 0.6) is 5.75 Å². The van der Waals surface area contributed by atoms with Crippen LogP contribution in [0.15, 0.2) is 30.3 Å². The van der Waals surface area contributed by atoms with E-state index in [1.54, 1.807) is 13.8 Å². The van der Waals surface area contributed by atoms with Crippen LogP contribution in [0.25, 0.3) is 0 Å². The van der Waals surface area contributed by atoms with Gasteiger partial charge < -0.3 is 14.9 Å². The summed E-state index contributed by atoms with van der Waals surface area (Å²) in [4.78, 5) is 28.1. The van der Waals surface area contributed by atoms with E-state index >= 15 is 0 Å². The maximum absolute atomic E-state index is 14.1. The Morgan fingerprint density at radius 2 is 2.08 bits per heavy atom. The summed E-state index contributed by atoms with van der Waals surface area (Å²) < 4.78 is 19.7. The van der Waals surface area contributed by atoms with Crippen LogP contribution < -0.4 is 9.64 Å². The van der Waals surface area contributed by atoms with Crippen LogP contribution in [0.4, 0.5) is 16.0 Å². The topological polar surface area (TPSA) is 85.6 Å². The van der Waals surface area contributed by atoms with E-state index in [1.807, 2.05) is 0 Å². The van der Waals surface area contributed by atoms with Gasteiger partial charge in [-0.3, -0.25) is 9.69 Å². The quantitative estimate of drug-likeness (QED) is 0.614. The van der Waals surface area contributed by atoms with E-state index in [0.29, 0.717) is 0 Å². The number of rotatable bonds is 3. The Bertz CT molecular complexity index is 867. The van der Waals surface area contributed by atoms with Crippen molar-refractivity contribution < 1.29 is 18.8 Å². The van der Waals surface area contributed by atoms with Gasteiger partial charge in [-0.05, 0) is 42.0 Å². The van der Waals surface area contributed by atoms with Gasteiger partial charge in [0.15, 0.2) is 11.4 Å². The number of ether oxygens (including phenoxy) is 1. The SMILES string of the molecule is CC1(C)Oc2ccc([N+](=O)[O-])nc2N(Cc2c(F)cccc2Cl)C1=O. The van der Waals surface area contributed by atoms with Gasteiger partial charge in [0.1, 0.15) is 5.82 Å². The normalized spacial score (nSPS) is 15.5. The van der Waals surface area contributed by atoms with E-state index in [9.17, 15) is 19.3 Å². The van der Waals surface area contributed by atoms with Crippen molar-refractivity contribution in [1.82, 2.24) is 4.98 Å². The molecule has 7 nitrogen and oxygen atoms in total. The summed E-state index contributed by atoms with van der Waals surface area (Å²) in [5, 5.41) is 11.1. The van der Waals surface area contributed by atoms with E-state index in [-0.39, 0.29) is 28.7 Å². The zero-order valence-electron chi connectivity index (χ0n) is 13.3. The van der Waals surface area contributed by atoms with Gasteiger partial charge >= 0.3 is 5.82 Å². The van der Waals surface area contributed by atoms with Crippen LogP contribution in [-0.4, -0.2) is 21.4 Å². The van der Waals surface area contributed by atoms with Gasteiger partial charge in [0.2, 0.25) is 0 Å². The Hall–Kier alpha value is -2.74. The molecule has 25 heavy (non-hydrogen) atoms. The van der Waals surface area contributed by atoms with Crippen LogP contribution in [0.1, 0.15) is 19.4 Å². The number of halogens is 2. The van der Waals surface area contributed by atoms with Crippen LogP contribution >= 0.6 is 11.6 Å². The molecule has 1 amide bonds. The lowest BCUT2D eigenvalue weighted by Gasteiger charge is -2.36. The molecule has 0 fully saturated rings. The summed E-state index contributed by atoms with van der Waals surface area (Å²) in [6.07, 6.45) is 0. The number of fused-ring (bicyclic) bond motifs is 1. The monoisotopic (exact) mass is 365 g/mol. The fourth-order valence-corrected chi connectivity index (χ4v) is 2.75. The number of nitrogens with zero attached hydrogens (tertiary/aromatic N) is 3. The predicted octanol–water partition coefficient (Wildman–Crippen LogP) is 3.49. The zero-order chi connectivity index (χ0) is 18.4. The van der Waals surface area contributed by atoms with E-state index < -0.39 is 28.1 Å². The molecule has 0 spiro atoms. The van der Waals surface area contributed by atoms with Gasteiger partial charge in [0.05, 0.1) is 6.54 Å². The maximum Gasteiger partial charge on any atom is 0.366 e. The number of amides is 1. The van der Waals surface area contributed by atoms with Crippen molar-refractivity contribution in [2.24, 2.45) is 0 Å². The maximum atomic E-state index is 14.1. The number of carbonyl (C=O) groups excluding carboxylic acids is 1. The van der Waals surface area contributed by atoms with E-state index in [0.717, 1.165) is 4.90 Å². The predicted molar refractivity (Wildman–Crippen MR) is 88.2 cm³/mol. The summed E-state index contributed by atoms with van der Waals surface area (Å²) in [6.45, 7) is 2.88. The molecule has 130 valence electrons. The molecule has 1 aromatic carbocycles. The molecule has 0 unspecified atom stereocenters. The second-order valence-electron chi connectivity index (χ2n) is 5.95. The van der Waals surface area contributed by atoms with Crippen molar-refractivity contribution in [3.63, 3.8) is 0 Å². The number of hydrogen-bond acceptors (Lipinski definition) is 5. The third-order valence-electron chi connectivity index (χ3n) is 3.77. The highest BCUT2D eigenvalue weighted by Gasteiger charge is 2.44. The smallest absolute Gasteiger partial charge is 0.366 e. The highest BCUT2D eigenvalue weighted by atomic mass is 35.5. The van der Waals surface area contributed by atoms with Crippen molar-refractivity contribution in [3.05, 3.63) is 56.8 Å². The standard InChI is InChI=1S/C16H13ClFN3O4/c1-16(2)15(22)20(8-9-10(17)4-3-5-11(9)18)14-12(25-16)6-7-13(19-14)21(23)24/h3-7H,8H2,1-2H3. The molecule has 0 bridgehead atoms. The fourth-order valence-electron chi connectivity index (χ4n) is 2.53.